The lowest BCUT2D eigenvalue weighted by molar-refractivity contribution is 0.590. The van der Waals surface area contributed by atoms with E-state index in [0.717, 1.165) is 0 Å². The smallest absolute Gasteiger partial charge is 0.0132 e. The minimum Gasteiger partial charge on any atom is -0.0841 e. The van der Waals surface area contributed by atoms with E-state index in [4.69, 9.17) is 0 Å². The van der Waals surface area contributed by atoms with Crippen LogP contribution in [0.25, 0.3) is 5.57 Å². The van der Waals surface area contributed by atoms with E-state index >= 15 is 0 Å². The average Bonchev–Trinajstić information content (AvgIpc) is 2.15. The van der Waals surface area contributed by atoms with Gasteiger partial charge in [-0.2, -0.15) is 0 Å². The maximum Gasteiger partial charge on any atom is -0.0132 e. The van der Waals surface area contributed by atoms with Gasteiger partial charge in [0.05, 0.1) is 0 Å². The Kier molecular flexibility index (Phi) is 3.15. The van der Waals surface area contributed by atoms with Crippen LogP contribution in [0.2, 0.25) is 0 Å². The number of hydrogen-bond donors (Lipinski definition) is 0. The second kappa shape index (κ2) is 4.00. The molecule has 0 nitrogen and oxygen atoms in total. The van der Waals surface area contributed by atoms with Crippen molar-refractivity contribution in [2.24, 2.45) is 0 Å². The molecule has 0 bridgehead atoms. The number of rotatable bonds is 1. The predicted octanol–water partition coefficient (Wildman–Crippen LogP) is 4.41. The van der Waals surface area contributed by atoms with Gasteiger partial charge in [0.15, 0.2) is 0 Å². The van der Waals surface area contributed by atoms with Gasteiger partial charge < -0.3 is 0 Å². The molecule has 0 aliphatic heterocycles. The zero-order valence-corrected chi connectivity index (χ0v) is 9.89. The monoisotopic (exact) mass is 188 g/mol. The van der Waals surface area contributed by atoms with Crippen molar-refractivity contribution in [2.75, 3.05) is 0 Å². The molecule has 0 amide bonds. The lowest BCUT2D eigenvalue weighted by Gasteiger charge is -2.19. The van der Waals surface area contributed by atoms with Crippen molar-refractivity contribution in [3.8, 4) is 0 Å². The third-order valence-electron chi connectivity index (χ3n) is 2.64. The summed E-state index contributed by atoms with van der Waals surface area (Å²) in [4.78, 5) is 0. The summed E-state index contributed by atoms with van der Waals surface area (Å²) in [6.45, 7) is 10.9. The van der Waals surface area contributed by atoms with Crippen molar-refractivity contribution in [1.29, 1.82) is 0 Å². The Hall–Kier alpha value is -1.04. The quantitative estimate of drug-likeness (QED) is 0.612. The van der Waals surface area contributed by atoms with Crippen molar-refractivity contribution in [2.45, 2.75) is 40.0 Å². The molecule has 1 aromatic rings. The standard InChI is InChI=1S/C14H20/c1-6-11(2)12-7-9-13(10-8-12)14(3,4)5/h6-10H,1-5H3. The normalized spacial score (nSPS) is 13.1. The first-order valence-electron chi connectivity index (χ1n) is 5.19. The third-order valence-corrected chi connectivity index (χ3v) is 2.64. The molecule has 0 atom stereocenters. The van der Waals surface area contributed by atoms with E-state index in [2.05, 4.69) is 65.0 Å². The van der Waals surface area contributed by atoms with Crippen LogP contribution >= 0.6 is 0 Å². The molecule has 0 N–H and O–H groups in total. The number of allylic oxidation sites excluding steroid dienone is 2. The fourth-order valence-corrected chi connectivity index (χ4v) is 1.40. The van der Waals surface area contributed by atoms with Gasteiger partial charge >= 0.3 is 0 Å². The van der Waals surface area contributed by atoms with Crippen LogP contribution in [0.4, 0.5) is 0 Å². The summed E-state index contributed by atoms with van der Waals surface area (Å²) in [6.07, 6.45) is 2.14. The Morgan fingerprint density at radius 3 is 1.93 bits per heavy atom. The molecule has 0 heteroatoms. The summed E-state index contributed by atoms with van der Waals surface area (Å²) < 4.78 is 0. The largest absolute Gasteiger partial charge is 0.0841 e. The highest BCUT2D eigenvalue weighted by Crippen LogP contribution is 2.23. The van der Waals surface area contributed by atoms with Crippen molar-refractivity contribution >= 4 is 5.57 Å². The molecule has 0 aliphatic rings. The van der Waals surface area contributed by atoms with Gasteiger partial charge in [-0.1, -0.05) is 51.1 Å². The second-order valence-corrected chi connectivity index (χ2v) is 4.80. The van der Waals surface area contributed by atoms with Crippen LogP contribution in [0.1, 0.15) is 45.7 Å². The molecule has 14 heavy (non-hydrogen) atoms. The molecule has 0 unspecified atom stereocenters. The molecular formula is C14H20. The van der Waals surface area contributed by atoms with Gasteiger partial charge in [-0.3, -0.25) is 0 Å². The van der Waals surface area contributed by atoms with E-state index in [0.29, 0.717) is 0 Å². The zero-order valence-electron chi connectivity index (χ0n) is 9.89. The Labute approximate surface area is 87.7 Å². The summed E-state index contributed by atoms with van der Waals surface area (Å²) in [6, 6.07) is 8.86. The van der Waals surface area contributed by atoms with E-state index in [1.54, 1.807) is 0 Å². The molecule has 0 spiro atoms. The first kappa shape index (κ1) is 11.0. The maximum absolute atomic E-state index is 2.24. The van der Waals surface area contributed by atoms with Crippen LogP contribution in [-0.4, -0.2) is 0 Å². The van der Waals surface area contributed by atoms with Gasteiger partial charge in [-0.15, -0.1) is 0 Å². The lowest BCUT2D eigenvalue weighted by atomic mass is 9.86. The van der Waals surface area contributed by atoms with Gasteiger partial charge in [0, 0.05) is 0 Å². The Morgan fingerprint density at radius 1 is 1.07 bits per heavy atom. The first-order chi connectivity index (χ1) is 6.45. The van der Waals surface area contributed by atoms with Gasteiger partial charge in [0.2, 0.25) is 0 Å². The highest BCUT2D eigenvalue weighted by Gasteiger charge is 2.12. The van der Waals surface area contributed by atoms with Crippen LogP contribution in [-0.2, 0) is 5.41 Å². The highest BCUT2D eigenvalue weighted by atomic mass is 14.2. The maximum atomic E-state index is 2.24. The molecule has 0 heterocycles. The molecule has 1 rings (SSSR count). The summed E-state index contributed by atoms with van der Waals surface area (Å²) in [7, 11) is 0. The SMILES string of the molecule is CC=C(C)c1ccc(C(C)(C)C)cc1. The van der Waals surface area contributed by atoms with E-state index in [1.165, 1.54) is 16.7 Å². The summed E-state index contributed by atoms with van der Waals surface area (Å²) >= 11 is 0. The van der Waals surface area contributed by atoms with Crippen molar-refractivity contribution in [3.05, 3.63) is 41.5 Å². The minimum atomic E-state index is 0.252. The van der Waals surface area contributed by atoms with Crippen molar-refractivity contribution in [1.82, 2.24) is 0 Å². The summed E-state index contributed by atoms with van der Waals surface area (Å²) in [5.74, 6) is 0. The van der Waals surface area contributed by atoms with Crippen LogP contribution in [0, 0.1) is 0 Å². The summed E-state index contributed by atoms with van der Waals surface area (Å²) in [5, 5.41) is 0. The predicted molar refractivity (Wildman–Crippen MR) is 64.5 cm³/mol. The lowest BCUT2D eigenvalue weighted by Crippen LogP contribution is -2.10. The first-order valence-corrected chi connectivity index (χ1v) is 5.19. The molecule has 0 saturated heterocycles. The number of benzene rings is 1. The third kappa shape index (κ3) is 2.47. The van der Waals surface area contributed by atoms with Gasteiger partial charge in [0.25, 0.3) is 0 Å². The van der Waals surface area contributed by atoms with E-state index in [1.807, 2.05) is 0 Å². The van der Waals surface area contributed by atoms with Crippen LogP contribution in [0.5, 0.6) is 0 Å². The highest BCUT2D eigenvalue weighted by molar-refractivity contribution is 5.63. The van der Waals surface area contributed by atoms with E-state index in [9.17, 15) is 0 Å². The zero-order chi connectivity index (χ0) is 10.8. The summed E-state index contributed by atoms with van der Waals surface area (Å²) in [5.41, 5.74) is 4.30. The van der Waals surface area contributed by atoms with Crippen molar-refractivity contribution in [3.63, 3.8) is 0 Å². The fourth-order valence-electron chi connectivity index (χ4n) is 1.40. The minimum absolute atomic E-state index is 0.252. The van der Waals surface area contributed by atoms with Gasteiger partial charge in [0.1, 0.15) is 0 Å². The molecule has 0 fully saturated rings. The molecule has 0 aliphatic carbocycles. The molecule has 0 saturated carbocycles. The topological polar surface area (TPSA) is 0 Å². The molecule has 76 valence electrons. The average molecular weight is 188 g/mol. The van der Waals surface area contributed by atoms with E-state index < -0.39 is 0 Å². The van der Waals surface area contributed by atoms with Gasteiger partial charge in [-0.05, 0) is 36.0 Å². The Balaban J connectivity index is 3.01. The Bertz CT molecular complexity index is 320. The molecule has 1 aromatic carbocycles. The van der Waals surface area contributed by atoms with E-state index in [-0.39, 0.29) is 5.41 Å². The van der Waals surface area contributed by atoms with Crippen LogP contribution < -0.4 is 0 Å². The fraction of sp³-hybridized carbons (Fsp3) is 0.429. The Morgan fingerprint density at radius 2 is 1.57 bits per heavy atom. The molecule has 0 aromatic heterocycles. The molecular weight excluding hydrogens is 168 g/mol. The van der Waals surface area contributed by atoms with Crippen LogP contribution in [0.3, 0.4) is 0 Å². The second-order valence-electron chi connectivity index (χ2n) is 4.80. The van der Waals surface area contributed by atoms with Crippen LogP contribution in [0.15, 0.2) is 30.3 Å². The number of hydrogen-bond acceptors (Lipinski definition) is 0. The van der Waals surface area contributed by atoms with Crippen molar-refractivity contribution < 1.29 is 0 Å². The van der Waals surface area contributed by atoms with Gasteiger partial charge in [-0.25, -0.2) is 0 Å². The molecule has 0 radical (unpaired) electrons.